The number of carbonyl (C=O) groups excluding carboxylic acids is 1. The van der Waals surface area contributed by atoms with E-state index in [1.807, 2.05) is 6.07 Å². The summed E-state index contributed by atoms with van der Waals surface area (Å²) >= 11 is 0. The van der Waals surface area contributed by atoms with Gasteiger partial charge in [-0.3, -0.25) is 4.79 Å². The fourth-order valence-corrected chi connectivity index (χ4v) is 1.08. The molecule has 1 aromatic rings. The molecule has 1 aromatic carbocycles. The van der Waals surface area contributed by atoms with E-state index in [4.69, 9.17) is 5.21 Å². The number of rotatable bonds is 4. The minimum absolute atomic E-state index is 0.00236. The van der Waals surface area contributed by atoms with Crippen molar-refractivity contribution in [2.45, 2.75) is 0 Å². The van der Waals surface area contributed by atoms with Gasteiger partial charge in [0.2, 0.25) is 0 Å². The Balaban J connectivity index is 2.82. The van der Waals surface area contributed by atoms with Crippen molar-refractivity contribution in [2.24, 2.45) is 5.16 Å². The van der Waals surface area contributed by atoms with Crippen molar-refractivity contribution in [1.29, 1.82) is 0 Å². The molecule has 0 bridgehead atoms. The molecule has 0 aromatic heterocycles. The first-order valence-electron chi connectivity index (χ1n) is 4.46. The van der Waals surface area contributed by atoms with Gasteiger partial charge in [-0.05, 0) is 0 Å². The second kappa shape index (κ2) is 5.59. The molecule has 0 saturated heterocycles. The van der Waals surface area contributed by atoms with Gasteiger partial charge in [0.15, 0.2) is 5.71 Å². The summed E-state index contributed by atoms with van der Waals surface area (Å²) in [5.41, 5.74) is 0.569. The third-order valence-corrected chi connectivity index (χ3v) is 1.77. The second-order valence-electron chi connectivity index (χ2n) is 2.81. The molecular weight excluding hydrogens is 192 g/mol. The number of amides is 1. The quantitative estimate of drug-likeness (QED) is 0.334. The van der Waals surface area contributed by atoms with Crippen LogP contribution in [0.2, 0.25) is 0 Å². The lowest BCUT2D eigenvalue weighted by Gasteiger charge is -2.04. The van der Waals surface area contributed by atoms with E-state index in [2.05, 4.69) is 17.1 Å². The van der Waals surface area contributed by atoms with Gasteiger partial charge in [0.1, 0.15) is 0 Å². The van der Waals surface area contributed by atoms with Crippen LogP contribution in [0.3, 0.4) is 0 Å². The maximum atomic E-state index is 11.5. The van der Waals surface area contributed by atoms with Crippen LogP contribution >= 0.6 is 0 Å². The zero-order valence-corrected chi connectivity index (χ0v) is 8.18. The highest BCUT2D eigenvalue weighted by Crippen LogP contribution is 2.00. The SMILES string of the molecule is C=CCNC(=O)/C(=N/O)c1ccccc1. The fourth-order valence-electron chi connectivity index (χ4n) is 1.08. The number of hydrogen-bond acceptors (Lipinski definition) is 3. The zero-order valence-electron chi connectivity index (χ0n) is 8.18. The smallest absolute Gasteiger partial charge is 0.274 e. The summed E-state index contributed by atoms with van der Waals surface area (Å²) in [5.74, 6) is -0.427. The molecular formula is C11H12N2O2. The summed E-state index contributed by atoms with van der Waals surface area (Å²) in [5, 5.41) is 14.3. The number of benzene rings is 1. The Hall–Kier alpha value is -2.10. The lowest BCUT2D eigenvalue weighted by Crippen LogP contribution is -2.31. The minimum atomic E-state index is -0.427. The summed E-state index contributed by atoms with van der Waals surface area (Å²) in [7, 11) is 0. The van der Waals surface area contributed by atoms with Crippen molar-refractivity contribution < 1.29 is 10.0 Å². The number of nitrogens with zero attached hydrogens (tertiary/aromatic N) is 1. The van der Waals surface area contributed by atoms with Crippen molar-refractivity contribution in [3.05, 3.63) is 48.6 Å². The molecule has 0 radical (unpaired) electrons. The standard InChI is InChI=1S/C11H12N2O2/c1-2-8-12-11(14)10(13-15)9-6-4-3-5-7-9/h2-7,15H,1,8H2,(H,12,14)/b13-10+. The molecule has 2 N–H and O–H groups in total. The van der Waals surface area contributed by atoms with Gasteiger partial charge in [-0.1, -0.05) is 41.6 Å². The Kier molecular flexibility index (Phi) is 4.09. The minimum Gasteiger partial charge on any atom is -0.410 e. The molecule has 0 heterocycles. The van der Waals surface area contributed by atoms with Gasteiger partial charge in [-0.2, -0.15) is 0 Å². The Morgan fingerprint density at radius 2 is 2.13 bits per heavy atom. The van der Waals surface area contributed by atoms with Gasteiger partial charge in [0, 0.05) is 12.1 Å². The molecule has 78 valence electrons. The summed E-state index contributed by atoms with van der Waals surface area (Å²) in [6, 6.07) is 8.74. The molecule has 0 unspecified atom stereocenters. The molecule has 4 nitrogen and oxygen atoms in total. The van der Waals surface area contributed by atoms with Crippen LogP contribution in [0, 0.1) is 0 Å². The van der Waals surface area contributed by atoms with Crippen LogP contribution in [0.5, 0.6) is 0 Å². The Labute approximate surface area is 87.9 Å². The number of nitrogens with one attached hydrogen (secondary N) is 1. The Morgan fingerprint density at radius 1 is 1.47 bits per heavy atom. The monoisotopic (exact) mass is 204 g/mol. The third kappa shape index (κ3) is 2.95. The van der Waals surface area contributed by atoms with Gasteiger partial charge in [-0.25, -0.2) is 0 Å². The molecule has 0 saturated carbocycles. The predicted octanol–water partition coefficient (Wildman–Crippen LogP) is 1.17. The molecule has 1 rings (SSSR count). The van der Waals surface area contributed by atoms with Gasteiger partial charge in [0.05, 0.1) is 0 Å². The first kappa shape index (κ1) is 11.0. The van der Waals surface area contributed by atoms with E-state index < -0.39 is 5.91 Å². The molecule has 0 atom stereocenters. The lowest BCUT2D eigenvalue weighted by atomic mass is 10.1. The van der Waals surface area contributed by atoms with E-state index >= 15 is 0 Å². The average molecular weight is 204 g/mol. The zero-order chi connectivity index (χ0) is 11.1. The number of carbonyl (C=O) groups is 1. The first-order chi connectivity index (χ1) is 7.29. The summed E-state index contributed by atoms with van der Waals surface area (Å²) in [6.07, 6.45) is 1.55. The predicted molar refractivity (Wildman–Crippen MR) is 58.0 cm³/mol. The van der Waals surface area contributed by atoms with Crippen molar-refractivity contribution in [2.75, 3.05) is 6.54 Å². The van der Waals surface area contributed by atoms with Crippen LogP contribution in [-0.4, -0.2) is 23.4 Å². The van der Waals surface area contributed by atoms with E-state index in [1.165, 1.54) is 0 Å². The number of oxime groups is 1. The Morgan fingerprint density at radius 3 is 2.67 bits per heavy atom. The van der Waals surface area contributed by atoms with Crippen LogP contribution in [0.25, 0.3) is 0 Å². The Bertz CT molecular complexity index is 371. The maximum Gasteiger partial charge on any atom is 0.274 e. The molecule has 0 fully saturated rings. The maximum absolute atomic E-state index is 11.5. The van der Waals surface area contributed by atoms with E-state index in [-0.39, 0.29) is 5.71 Å². The topological polar surface area (TPSA) is 61.7 Å². The van der Waals surface area contributed by atoms with Crippen molar-refractivity contribution in [1.82, 2.24) is 5.32 Å². The fraction of sp³-hybridized carbons (Fsp3) is 0.0909. The van der Waals surface area contributed by atoms with E-state index in [1.54, 1.807) is 30.3 Å². The summed E-state index contributed by atoms with van der Waals surface area (Å²) in [6.45, 7) is 3.81. The van der Waals surface area contributed by atoms with Crippen molar-refractivity contribution in [3.63, 3.8) is 0 Å². The number of hydrogen-bond donors (Lipinski definition) is 2. The molecule has 15 heavy (non-hydrogen) atoms. The first-order valence-corrected chi connectivity index (χ1v) is 4.46. The molecule has 0 aliphatic carbocycles. The van der Waals surface area contributed by atoms with Gasteiger partial charge in [0.25, 0.3) is 5.91 Å². The highest BCUT2D eigenvalue weighted by atomic mass is 16.4. The third-order valence-electron chi connectivity index (χ3n) is 1.77. The highest BCUT2D eigenvalue weighted by Gasteiger charge is 2.12. The van der Waals surface area contributed by atoms with E-state index in [0.717, 1.165) is 0 Å². The molecule has 1 amide bonds. The van der Waals surface area contributed by atoms with Crippen molar-refractivity contribution in [3.8, 4) is 0 Å². The van der Waals surface area contributed by atoms with Gasteiger partial charge in [-0.15, -0.1) is 6.58 Å². The summed E-state index contributed by atoms with van der Waals surface area (Å²) < 4.78 is 0. The van der Waals surface area contributed by atoms with Crippen LogP contribution < -0.4 is 5.32 Å². The van der Waals surface area contributed by atoms with Gasteiger partial charge < -0.3 is 10.5 Å². The average Bonchev–Trinajstić information content (AvgIpc) is 2.29. The van der Waals surface area contributed by atoms with Crippen LogP contribution in [0.15, 0.2) is 48.1 Å². The largest absolute Gasteiger partial charge is 0.410 e. The van der Waals surface area contributed by atoms with E-state index in [9.17, 15) is 4.79 Å². The second-order valence-corrected chi connectivity index (χ2v) is 2.81. The van der Waals surface area contributed by atoms with Gasteiger partial charge >= 0.3 is 0 Å². The molecule has 0 aliphatic rings. The van der Waals surface area contributed by atoms with Crippen LogP contribution in [0.1, 0.15) is 5.56 Å². The highest BCUT2D eigenvalue weighted by molar-refractivity contribution is 6.45. The molecule has 0 aliphatic heterocycles. The van der Waals surface area contributed by atoms with Crippen molar-refractivity contribution >= 4 is 11.6 Å². The summed E-state index contributed by atoms with van der Waals surface area (Å²) in [4.78, 5) is 11.5. The lowest BCUT2D eigenvalue weighted by molar-refractivity contribution is -0.114. The molecule has 0 spiro atoms. The van der Waals surface area contributed by atoms with E-state index in [0.29, 0.717) is 12.1 Å². The van der Waals surface area contributed by atoms with Crippen LogP contribution in [-0.2, 0) is 4.79 Å². The molecule has 4 heteroatoms. The van der Waals surface area contributed by atoms with Crippen LogP contribution in [0.4, 0.5) is 0 Å². The normalized spacial score (nSPS) is 10.8.